The molecule has 108 valence electrons. The Balaban J connectivity index is 2.02. The molecule has 0 saturated carbocycles. The summed E-state index contributed by atoms with van der Waals surface area (Å²) in [6, 6.07) is 7.08. The Hall–Kier alpha value is -1.88. The molecule has 0 aromatic heterocycles. The zero-order chi connectivity index (χ0) is 14.5. The molecule has 1 heterocycles. The molecule has 5 heteroatoms. The lowest BCUT2D eigenvalue weighted by Gasteiger charge is -2.18. The Kier molecular flexibility index (Phi) is 4.74. The normalized spacial score (nSPS) is 19.6. The summed E-state index contributed by atoms with van der Waals surface area (Å²) in [5.74, 6) is -0.839. The molecule has 2 atom stereocenters. The number of rotatable bonds is 5. The van der Waals surface area contributed by atoms with E-state index in [4.69, 9.17) is 10.5 Å². The first-order valence-corrected chi connectivity index (χ1v) is 6.80. The number of aryl methyl sites for hydroxylation is 1. The number of carbonyl (C=O) groups excluding carboxylic acids is 2. The van der Waals surface area contributed by atoms with Crippen molar-refractivity contribution >= 4 is 11.8 Å². The van der Waals surface area contributed by atoms with E-state index in [9.17, 15) is 9.59 Å². The molecule has 1 fully saturated rings. The van der Waals surface area contributed by atoms with Crippen LogP contribution in [0.1, 0.15) is 17.5 Å². The number of nitrogens with one attached hydrogen (secondary N) is 1. The molecule has 1 saturated heterocycles. The van der Waals surface area contributed by atoms with E-state index in [1.165, 1.54) is 0 Å². The summed E-state index contributed by atoms with van der Waals surface area (Å²) in [7, 11) is 0. The van der Waals surface area contributed by atoms with E-state index in [2.05, 4.69) is 5.32 Å². The highest BCUT2D eigenvalue weighted by Crippen LogP contribution is 2.14. The largest absolute Gasteiger partial charge is 0.381 e. The fourth-order valence-corrected chi connectivity index (χ4v) is 2.31. The Morgan fingerprint density at radius 2 is 2.20 bits per heavy atom. The summed E-state index contributed by atoms with van der Waals surface area (Å²) in [6.07, 6.45) is 1.11. The summed E-state index contributed by atoms with van der Waals surface area (Å²) in [5.41, 5.74) is 7.49. The Morgan fingerprint density at radius 1 is 1.45 bits per heavy atom. The zero-order valence-corrected chi connectivity index (χ0v) is 11.6. The van der Waals surface area contributed by atoms with Crippen LogP contribution in [0.15, 0.2) is 24.3 Å². The smallest absolute Gasteiger partial charge is 0.240 e. The number of hydrogen-bond acceptors (Lipinski definition) is 3. The highest BCUT2D eigenvalue weighted by atomic mass is 16.5. The van der Waals surface area contributed by atoms with E-state index in [1.54, 1.807) is 0 Å². The van der Waals surface area contributed by atoms with Gasteiger partial charge in [-0.15, -0.1) is 0 Å². The summed E-state index contributed by atoms with van der Waals surface area (Å²) in [5, 5.41) is 2.74. The molecule has 1 aromatic carbocycles. The number of carbonyl (C=O) groups is 2. The number of hydrogen-bond donors (Lipinski definition) is 2. The van der Waals surface area contributed by atoms with E-state index < -0.39 is 11.9 Å². The van der Waals surface area contributed by atoms with Gasteiger partial charge in [-0.2, -0.15) is 0 Å². The van der Waals surface area contributed by atoms with Crippen molar-refractivity contribution in [1.82, 2.24) is 5.32 Å². The topological polar surface area (TPSA) is 81.4 Å². The van der Waals surface area contributed by atoms with Gasteiger partial charge in [-0.25, -0.2) is 0 Å². The van der Waals surface area contributed by atoms with Gasteiger partial charge in [0, 0.05) is 13.0 Å². The summed E-state index contributed by atoms with van der Waals surface area (Å²) < 4.78 is 5.18. The minimum Gasteiger partial charge on any atom is -0.381 e. The van der Waals surface area contributed by atoms with Crippen molar-refractivity contribution in [3.05, 3.63) is 35.4 Å². The average molecular weight is 276 g/mol. The lowest BCUT2D eigenvalue weighted by Crippen LogP contribution is -2.48. The van der Waals surface area contributed by atoms with Gasteiger partial charge in [-0.1, -0.05) is 24.3 Å². The Bertz CT molecular complexity index is 496. The monoisotopic (exact) mass is 276 g/mol. The van der Waals surface area contributed by atoms with E-state index in [0.29, 0.717) is 26.1 Å². The van der Waals surface area contributed by atoms with Gasteiger partial charge in [0.15, 0.2) is 0 Å². The number of nitrogens with two attached hydrogens (primary N) is 1. The molecule has 1 aromatic rings. The van der Waals surface area contributed by atoms with Crippen molar-refractivity contribution in [3.8, 4) is 0 Å². The molecule has 0 spiro atoms. The van der Waals surface area contributed by atoms with Crippen LogP contribution in [0.3, 0.4) is 0 Å². The van der Waals surface area contributed by atoms with Crippen LogP contribution < -0.4 is 11.1 Å². The molecule has 2 rings (SSSR count). The first-order chi connectivity index (χ1) is 9.58. The van der Waals surface area contributed by atoms with Crippen LogP contribution in [0.4, 0.5) is 0 Å². The molecular weight excluding hydrogens is 256 g/mol. The lowest BCUT2D eigenvalue weighted by atomic mass is 10.00. The minimum absolute atomic E-state index is 0.153. The second-order valence-electron chi connectivity index (χ2n) is 5.15. The molecular formula is C15H20N2O3. The highest BCUT2D eigenvalue weighted by Gasteiger charge is 2.27. The third-order valence-electron chi connectivity index (χ3n) is 3.65. The maximum Gasteiger partial charge on any atom is 0.240 e. The van der Waals surface area contributed by atoms with Crippen molar-refractivity contribution in [3.63, 3.8) is 0 Å². The molecule has 2 amide bonds. The van der Waals surface area contributed by atoms with Crippen LogP contribution >= 0.6 is 0 Å². The molecule has 0 aliphatic carbocycles. The Morgan fingerprint density at radius 3 is 2.80 bits per heavy atom. The molecule has 0 radical (unpaired) electrons. The predicted octanol–water partition coefficient (Wildman–Crippen LogP) is 0.544. The summed E-state index contributed by atoms with van der Waals surface area (Å²) >= 11 is 0. The van der Waals surface area contributed by atoms with Gasteiger partial charge >= 0.3 is 0 Å². The Labute approximate surface area is 118 Å². The third kappa shape index (κ3) is 3.57. The number of ether oxygens (including phenoxy) is 1. The predicted molar refractivity (Wildman–Crippen MR) is 74.9 cm³/mol. The first kappa shape index (κ1) is 14.5. The minimum atomic E-state index is -0.677. The highest BCUT2D eigenvalue weighted by molar-refractivity contribution is 5.88. The van der Waals surface area contributed by atoms with Crippen molar-refractivity contribution in [2.75, 3.05) is 13.2 Å². The maximum atomic E-state index is 12.0. The van der Waals surface area contributed by atoms with E-state index in [1.807, 2.05) is 31.2 Å². The quantitative estimate of drug-likeness (QED) is 0.823. The van der Waals surface area contributed by atoms with Crippen LogP contribution in [-0.2, 0) is 20.7 Å². The first-order valence-electron chi connectivity index (χ1n) is 6.80. The van der Waals surface area contributed by atoms with Gasteiger partial charge in [-0.3, -0.25) is 9.59 Å². The lowest BCUT2D eigenvalue weighted by molar-refractivity contribution is -0.129. The second kappa shape index (κ2) is 6.52. The standard InChI is InChI=1S/C15H20N2O3/c1-10-4-2-3-5-11(10)8-13(14(16)18)17-15(19)12-6-7-20-9-12/h2-5,12-13H,6-9H2,1H3,(H2,16,18)(H,17,19)/t12-,13-/m0/s1. The van der Waals surface area contributed by atoms with Crippen LogP contribution in [0, 0.1) is 12.8 Å². The van der Waals surface area contributed by atoms with Crippen molar-refractivity contribution < 1.29 is 14.3 Å². The van der Waals surface area contributed by atoms with Crippen molar-refractivity contribution in [1.29, 1.82) is 0 Å². The van der Waals surface area contributed by atoms with Gasteiger partial charge in [-0.05, 0) is 24.5 Å². The molecule has 20 heavy (non-hydrogen) atoms. The number of primary amides is 1. The molecule has 5 nitrogen and oxygen atoms in total. The molecule has 1 aliphatic heterocycles. The SMILES string of the molecule is Cc1ccccc1C[C@H](NC(=O)[C@H]1CCOC1)C(N)=O. The fraction of sp³-hybridized carbons (Fsp3) is 0.467. The summed E-state index contributed by atoms with van der Waals surface area (Å²) in [6.45, 7) is 2.98. The van der Waals surface area contributed by atoms with Gasteiger partial charge < -0.3 is 15.8 Å². The van der Waals surface area contributed by atoms with Crippen molar-refractivity contribution in [2.45, 2.75) is 25.8 Å². The molecule has 0 bridgehead atoms. The molecule has 0 unspecified atom stereocenters. The zero-order valence-electron chi connectivity index (χ0n) is 11.6. The third-order valence-corrected chi connectivity index (χ3v) is 3.65. The van der Waals surface area contributed by atoms with Gasteiger partial charge in [0.25, 0.3) is 0 Å². The van der Waals surface area contributed by atoms with E-state index in [0.717, 1.165) is 11.1 Å². The number of amides is 2. The van der Waals surface area contributed by atoms with E-state index in [-0.39, 0.29) is 11.8 Å². The van der Waals surface area contributed by atoms with Crippen LogP contribution in [-0.4, -0.2) is 31.1 Å². The number of benzene rings is 1. The molecule has 3 N–H and O–H groups in total. The maximum absolute atomic E-state index is 12.0. The van der Waals surface area contributed by atoms with Gasteiger partial charge in [0.05, 0.1) is 12.5 Å². The fourth-order valence-electron chi connectivity index (χ4n) is 2.31. The van der Waals surface area contributed by atoms with Crippen LogP contribution in [0.25, 0.3) is 0 Å². The van der Waals surface area contributed by atoms with Gasteiger partial charge in [0.1, 0.15) is 6.04 Å². The van der Waals surface area contributed by atoms with Crippen molar-refractivity contribution in [2.24, 2.45) is 11.7 Å². The second-order valence-corrected chi connectivity index (χ2v) is 5.15. The van der Waals surface area contributed by atoms with Gasteiger partial charge in [0.2, 0.25) is 11.8 Å². The van der Waals surface area contributed by atoms with Crippen LogP contribution in [0.5, 0.6) is 0 Å². The van der Waals surface area contributed by atoms with Crippen LogP contribution in [0.2, 0.25) is 0 Å². The van der Waals surface area contributed by atoms with E-state index >= 15 is 0 Å². The molecule has 1 aliphatic rings. The average Bonchev–Trinajstić information content (AvgIpc) is 2.94. The summed E-state index contributed by atoms with van der Waals surface area (Å²) in [4.78, 5) is 23.6.